The van der Waals surface area contributed by atoms with E-state index in [-0.39, 0.29) is 12.3 Å². The van der Waals surface area contributed by atoms with E-state index in [1.54, 1.807) is 11.3 Å². The molecule has 0 bridgehead atoms. The molecule has 8 heteroatoms. The number of amides is 1. The maximum Gasteiger partial charge on any atom is 0.228 e. The number of fused-ring (bicyclic) bond motifs is 1. The average molecular weight is 368 g/mol. The third-order valence-electron chi connectivity index (χ3n) is 4.60. The first-order chi connectivity index (χ1) is 12.6. The lowest BCUT2D eigenvalue weighted by atomic mass is 10.1. The first kappa shape index (κ1) is 17.0. The molecule has 0 aliphatic carbocycles. The zero-order chi connectivity index (χ0) is 18.1. The SMILES string of the molecule is Cc1nnc(-c2ccc3nnc(CC(=O)N4CCN(C)CC4)cc3c2)s1. The molecule has 4 rings (SSSR count). The molecule has 1 fully saturated rings. The van der Waals surface area contributed by atoms with Crippen molar-refractivity contribution in [2.45, 2.75) is 13.3 Å². The smallest absolute Gasteiger partial charge is 0.228 e. The van der Waals surface area contributed by atoms with Crippen LogP contribution in [-0.4, -0.2) is 69.3 Å². The number of likely N-dealkylation sites (N-methyl/N-ethyl adjacent to an activating group) is 1. The third kappa shape index (κ3) is 3.56. The summed E-state index contributed by atoms with van der Waals surface area (Å²) in [6, 6.07) is 7.90. The Bertz CT molecular complexity index is 948. The molecular formula is C18H20N6OS. The summed E-state index contributed by atoms with van der Waals surface area (Å²) in [5.74, 6) is 0.114. The van der Waals surface area contributed by atoms with Crippen LogP contribution in [0.4, 0.5) is 0 Å². The van der Waals surface area contributed by atoms with Crippen LogP contribution in [0.1, 0.15) is 10.7 Å². The molecule has 1 aliphatic heterocycles. The van der Waals surface area contributed by atoms with E-state index in [9.17, 15) is 4.79 Å². The molecule has 1 saturated heterocycles. The Kier molecular flexibility index (Phi) is 4.60. The first-order valence-electron chi connectivity index (χ1n) is 8.62. The summed E-state index contributed by atoms with van der Waals surface area (Å²) in [5, 5.41) is 19.6. The molecule has 1 aliphatic rings. The number of piperazine rings is 1. The maximum atomic E-state index is 12.5. The molecule has 0 saturated carbocycles. The predicted molar refractivity (Wildman–Crippen MR) is 101 cm³/mol. The van der Waals surface area contributed by atoms with Gasteiger partial charge >= 0.3 is 0 Å². The Hall–Kier alpha value is -2.45. The second-order valence-corrected chi connectivity index (χ2v) is 7.78. The summed E-state index contributed by atoms with van der Waals surface area (Å²) in [6.45, 7) is 5.32. The Morgan fingerprint density at radius 2 is 1.88 bits per heavy atom. The topological polar surface area (TPSA) is 75.1 Å². The third-order valence-corrected chi connectivity index (χ3v) is 5.48. The highest BCUT2D eigenvalue weighted by molar-refractivity contribution is 7.14. The lowest BCUT2D eigenvalue weighted by Gasteiger charge is -2.32. The molecule has 0 spiro atoms. The lowest BCUT2D eigenvalue weighted by Crippen LogP contribution is -2.47. The molecule has 0 atom stereocenters. The molecule has 1 amide bonds. The van der Waals surface area contributed by atoms with E-state index in [4.69, 9.17) is 0 Å². The number of aryl methyl sites for hydroxylation is 1. The van der Waals surface area contributed by atoms with E-state index >= 15 is 0 Å². The zero-order valence-corrected chi connectivity index (χ0v) is 15.7. The van der Waals surface area contributed by atoms with E-state index in [0.29, 0.717) is 5.69 Å². The Balaban J connectivity index is 1.55. The van der Waals surface area contributed by atoms with Crippen LogP contribution in [0.5, 0.6) is 0 Å². The highest BCUT2D eigenvalue weighted by atomic mass is 32.1. The van der Waals surface area contributed by atoms with Crippen LogP contribution in [-0.2, 0) is 11.2 Å². The number of aromatic nitrogens is 4. The molecule has 0 radical (unpaired) electrons. The monoisotopic (exact) mass is 368 g/mol. The molecule has 1 aromatic carbocycles. The number of rotatable bonds is 3. The van der Waals surface area contributed by atoms with Gasteiger partial charge in [-0.2, -0.15) is 10.2 Å². The van der Waals surface area contributed by atoms with Gasteiger partial charge in [-0.15, -0.1) is 10.2 Å². The number of hydrogen-bond donors (Lipinski definition) is 0. The van der Waals surface area contributed by atoms with Crippen molar-refractivity contribution in [3.8, 4) is 10.6 Å². The molecule has 3 heterocycles. The van der Waals surface area contributed by atoms with Gasteiger partial charge in [0.05, 0.1) is 17.6 Å². The molecule has 0 unspecified atom stereocenters. The van der Waals surface area contributed by atoms with E-state index in [1.165, 1.54) is 0 Å². The standard InChI is InChI=1S/C18H20N6OS/c1-12-19-22-18(26-12)13-3-4-16-14(9-13)10-15(20-21-16)11-17(25)24-7-5-23(2)6-8-24/h3-4,9-10H,5-8,11H2,1-2H3. The van der Waals surface area contributed by atoms with E-state index in [2.05, 4.69) is 32.3 Å². The highest BCUT2D eigenvalue weighted by Crippen LogP contribution is 2.26. The molecular weight excluding hydrogens is 348 g/mol. The first-order valence-corrected chi connectivity index (χ1v) is 9.43. The van der Waals surface area contributed by atoms with Gasteiger partial charge in [0.25, 0.3) is 0 Å². The normalized spacial score (nSPS) is 15.5. The highest BCUT2D eigenvalue weighted by Gasteiger charge is 2.19. The van der Waals surface area contributed by atoms with E-state index in [0.717, 1.165) is 52.7 Å². The summed E-state index contributed by atoms with van der Waals surface area (Å²) in [4.78, 5) is 16.7. The van der Waals surface area contributed by atoms with Crippen LogP contribution in [0.25, 0.3) is 21.5 Å². The van der Waals surface area contributed by atoms with Gasteiger partial charge in [0.1, 0.15) is 10.0 Å². The molecule has 26 heavy (non-hydrogen) atoms. The summed E-state index contributed by atoms with van der Waals surface area (Å²) in [7, 11) is 2.08. The van der Waals surface area contributed by atoms with Gasteiger partial charge in [-0.25, -0.2) is 0 Å². The van der Waals surface area contributed by atoms with Gasteiger partial charge in [0, 0.05) is 37.1 Å². The fourth-order valence-corrected chi connectivity index (χ4v) is 3.73. The van der Waals surface area contributed by atoms with Gasteiger partial charge in [-0.3, -0.25) is 4.79 Å². The van der Waals surface area contributed by atoms with Crippen LogP contribution >= 0.6 is 11.3 Å². The van der Waals surface area contributed by atoms with Crippen LogP contribution < -0.4 is 0 Å². The minimum absolute atomic E-state index is 0.114. The molecule has 7 nitrogen and oxygen atoms in total. The molecule has 3 aromatic rings. The van der Waals surface area contributed by atoms with Crippen LogP contribution in [0, 0.1) is 6.92 Å². The number of hydrogen-bond acceptors (Lipinski definition) is 7. The fourth-order valence-electron chi connectivity index (χ4n) is 3.04. The summed E-state index contributed by atoms with van der Waals surface area (Å²) < 4.78 is 0. The van der Waals surface area contributed by atoms with Gasteiger partial charge in [0.15, 0.2) is 0 Å². The Morgan fingerprint density at radius 1 is 1.08 bits per heavy atom. The second-order valence-electron chi connectivity index (χ2n) is 6.60. The lowest BCUT2D eigenvalue weighted by molar-refractivity contribution is -0.132. The summed E-state index contributed by atoms with van der Waals surface area (Å²) in [6.07, 6.45) is 0.287. The maximum absolute atomic E-state index is 12.5. The van der Waals surface area contributed by atoms with Gasteiger partial charge < -0.3 is 9.80 Å². The van der Waals surface area contributed by atoms with Crippen LogP contribution in [0.3, 0.4) is 0 Å². The van der Waals surface area contributed by atoms with Crippen molar-refractivity contribution >= 4 is 28.1 Å². The van der Waals surface area contributed by atoms with Crippen molar-refractivity contribution < 1.29 is 4.79 Å². The summed E-state index contributed by atoms with van der Waals surface area (Å²) in [5.41, 5.74) is 2.52. The van der Waals surface area contributed by atoms with Crippen molar-refractivity contribution in [3.63, 3.8) is 0 Å². The Labute approximate surface area is 155 Å². The zero-order valence-electron chi connectivity index (χ0n) is 14.8. The minimum atomic E-state index is 0.114. The number of carbonyl (C=O) groups is 1. The largest absolute Gasteiger partial charge is 0.340 e. The molecule has 2 aromatic heterocycles. The van der Waals surface area contributed by atoms with Crippen molar-refractivity contribution in [2.75, 3.05) is 33.2 Å². The number of carbonyl (C=O) groups excluding carboxylic acids is 1. The Morgan fingerprint density at radius 3 is 2.62 bits per heavy atom. The van der Waals surface area contributed by atoms with Gasteiger partial charge in [0.2, 0.25) is 5.91 Å². The second kappa shape index (κ2) is 7.05. The predicted octanol–water partition coefficient (Wildman–Crippen LogP) is 1.77. The summed E-state index contributed by atoms with van der Waals surface area (Å²) >= 11 is 1.56. The van der Waals surface area contributed by atoms with Crippen molar-refractivity contribution in [1.82, 2.24) is 30.2 Å². The van der Waals surface area contributed by atoms with Crippen molar-refractivity contribution in [3.05, 3.63) is 35.0 Å². The van der Waals surface area contributed by atoms with E-state index < -0.39 is 0 Å². The molecule has 0 N–H and O–H groups in total. The van der Waals surface area contributed by atoms with Crippen molar-refractivity contribution in [2.24, 2.45) is 0 Å². The number of nitrogens with zero attached hydrogens (tertiary/aromatic N) is 6. The molecule has 134 valence electrons. The van der Waals surface area contributed by atoms with Crippen molar-refractivity contribution in [1.29, 1.82) is 0 Å². The van der Waals surface area contributed by atoms with Crippen LogP contribution in [0.15, 0.2) is 24.3 Å². The minimum Gasteiger partial charge on any atom is -0.340 e. The number of benzene rings is 1. The fraction of sp³-hybridized carbons (Fsp3) is 0.389. The quantitative estimate of drug-likeness (QED) is 0.701. The van der Waals surface area contributed by atoms with Crippen LogP contribution in [0.2, 0.25) is 0 Å². The van der Waals surface area contributed by atoms with Gasteiger partial charge in [-0.05, 0) is 38.2 Å². The van der Waals surface area contributed by atoms with Gasteiger partial charge in [-0.1, -0.05) is 11.3 Å². The average Bonchev–Trinajstić information content (AvgIpc) is 3.08. The van der Waals surface area contributed by atoms with E-state index in [1.807, 2.05) is 36.1 Å².